The first-order valence-corrected chi connectivity index (χ1v) is 11.4. The highest BCUT2D eigenvalue weighted by atomic mass is 16.5. The number of likely N-dealkylation sites (tertiary alicyclic amines) is 1. The van der Waals surface area contributed by atoms with Crippen molar-refractivity contribution in [2.45, 2.75) is 38.9 Å². The largest absolute Gasteiger partial charge is 0.457 e. The van der Waals surface area contributed by atoms with Crippen molar-refractivity contribution in [2.24, 2.45) is 5.41 Å². The number of benzene rings is 2. The number of carbonyl (C=O) groups is 1. The van der Waals surface area contributed by atoms with Crippen molar-refractivity contribution in [3.05, 3.63) is 64.2 Å². The molecular weight excluding hydrogens is 402 g/mol. The van der Waals surface area contributed by atoms with Gasteiger partial charge in [-0.05, 0) is 80.1 Å². The van der Waals surface area contributed by atoms with Crippen molar-refractivity contribution >= 4 is 11.7 Å². The summed E-state index contributed by atoms with van der Waals surface area (Å²) in [7, 11) is 0. The van der Waals surface area contributed by atoms with E-state index in [2.05, 4.69) is 21.9 Å². The first-order valence-electron chi connectivity index (χ1n) is 11.4. The number of piperidine rings is 1. The summed E-state index contributed by atoms with van der Waals surface area (Å²) in [4.78, 5) is 16.6. The predicted octanol–water partition coefficient (Wildman–Crippen LogP) is 3.56. The highest BCUT2D eigenvalue weighted by molar-refractivity contribution is 5.93. The van der Waals surface area contributed by atoms with Gasteiger partial charge in [-0.2, -0.15) is 5.26 Å². The molecule has 0 bridgehead atoms. The number of anilines is 1. The molecule has 6 nitrogen and oxygen atoms in total. The lowest BCUT2D eigenvalue weighted by Gasteiger charge is -2.40. The van der Waals surface area contributed by atoms with Gasteiger partial charge in [-0.15, -0.1) is 0 Å². The van der Waals surface area contributed by atoms with Gasteiger partial charge in [-0.3, -0.25) is 0 Å². The molecule has 1 atom stereocenters. The second-order valence-corrected chi connectivity index (χ2v) is 9.53. The lowest BCUT2D eigenvalue weighted by molar-refractivity contribution is 0.0534. The number of aliphatic hydroxyl groups excluding tert-OH is 1. The second-order valence-electron chi connectivity index (χ2n) is 9.53. The van der Waals surface area contributed by atoms with Gasteiger partial charge in [-0.25, -0.2) is 4.79 Å². The summed E-state index contributed by atoms with van der Waals surface area (Å²) < 4.78 is 5.15. The Hall–Kier alpha value is -2.88. The molecule has 0 amide bonds. The standard InChI is InChI=1S/C26H29N3O3/c1-18-21(5-6-22-23(18)16-32-25(22)31)24(30)15-28-10-7-26(8-11-28)9-12-29(17-26)20-4-2-3-19(13-20)14-27/h2-6,13,24,30H,7-12,15-17H2,1H3/t24-/m0/s1. The molecule has 3 aliphatic heterocycles. The van der Waals surface area contributed by atoms with Crippen LogP contribution in [0.25, 0.3) is 0 Å². The smallest absolute Gasteiger partial charge is 0.338 e. The Morgan fingerprint density at radius 3 is 2.75 bits per heavy atom. The quantitative estimate of drug-likeness (QED) is 0.746. The molecule has 0 unspecified atom stereocenters. The average molecular weight is 432 g/mol. The molecule has 2 aromatic carbocycles. The van der Waals surface area contributed by atoms with Crippen LogP contribution in [-0.4, -0.2) is 48.7 Å². The molecule has 0 saturated carbocycles. The highest BCUT2D eigenvalue weighted by Crippen LogP contribution is 2.42. The topological polar surface area (TPSA) is 76.8 Å². The number of esters is 1. The number of ether oxygens (including phenoxy) is 1. The molecule has 6 heteroatoms. The fraction of sp³-hybridized carbons (Fsp3) is 0.462. The molecular formula is C26H29N3O3. The molecule has 0 aromatic heterocycles. The maximum absolute atomic E-state index is 11.8. The minimum Gasteiger partial charge on any atom is -0.457 e. The van der Waals surface area contributed by atoms with Crippen molar-refractivity contribution in [2.75, 3.05) is 37.6 Å². The molecule has 3 heterocycles. The van der Waals surface area contributed by atoms with Gasteiger partial charge in [0.2, 0.25) is 0 Å². The number of fused-ring (bicyclic) bond motifs is 1. The third-order valence-corrected chi connectivity index (χ3v) is 7.69. The van der Waals surface area contributed by atoms with Crippen molar-refractivity contribution in [1.82, 2.24) is 4.90 Å². The van der Waals surface area contributed by atoms with Crippen LogP contribution in [0.5, 0.6) is 0 Å². The summed E-state index contributed by atoms with van der Waals surface area (Å²) in [5, 5.41) is 20.1. The number of β-amino-alcohol motifs (C(OH)–C–C–N with tert-alkyl or cyclic N) is 1. The normalized spacial score (nSPS) is 20.8. The maximum Gasteiger partial charge on any atom is 0.338 e. The third-order valence-electron chi connectivity index (χ3n) is 7.69. The molecule has 1 N–H and O–H groups in total. The van der Waals surface area contributed by atoms with Crippen LogP contribution in [0.2, 0.25) is 0 Å². The lowest BCUT2D eigenvalue weighted by Crippen LogP contribution is -2.43. The molecule has 1 spiro atoms. The van der Waals surface area contributed by atoms with Gasteiger partial charge in [0.15, 0.2) is 0 Å². The number of rotatable bonds is 4. The average Bonchev–Trinajstić information content (AvgIpc) is 3.40. The SMILES string of the molecule is Cc1c([C@@H](O)CN2CCC3(CC2)CCN(c2cccc(C#N)c2)C3)ccc2c1COC2=O. The molecule has 2 fully saturated rings. The van der Waals surface area contributed by atoms with Gasteiger partial charge in [0, 0.05) is 30.9 Å². The third kappa shape index (κ3) is 3.76. The monoisotopic (exact) mass is 431 g/mol. The fourth-order valence-corrected chi connectivity index (χ4v) is 5.62. The van der Waals surface area contributed by atoms with Crippen LogP contribution in [0.3, 0.4) is 0 Å². The zero-order valence-corrected chi connectivity index (χ0v) is 18.5. The summed E-state index contributed by atoms with van der Waals surface area (Å²) in [6, 6.07) is 13.8. The number of carbonyl (C=O) groups excluding carboxylic acids is 1. The lowest BCUT2D eigenvalue weighted by atomic mass is 9.77. The predicted molar refractivity (Wildman–Crippen MR) is 121 cm³/mol. The van der Waals surface area contributed by atoms with Crippen LogP contribution >= 0.6 is 0 Å². The van der Waals surface area contributed by atoms with E-state index in [0.717, 1.165) is 61.4 Å². The number of hydrogen-bond acceptors (Lipinski definition) is 6. The van der Waals surface area contributed by atoms with Crippen molar-refractivity contribution < 1.29 is 14.6 Å². The summed E-state index contributed by atoms with van der Waals surface area (Å²) in [5.74, 6) is -0.268. The van der Waals surface area contributed by atoms with E-state index >= 15 is 0 Å². The van der Waals surface area contributed by atoms with Gasteiger partial charge < -0.3 is 19.6 Å². The number of hydrogen-bond donors (Lipinski definition) is 1. The zero-order valence-electron chi connectivity index (χ0n) is 18.5. The van der Waals surface area contributed by atoms with Crippen LogP contribution in [-0.2, 0) is 11.3 Å². The number of aliphatic hydroxyl groups is 1. The molecule has 166 valence electrons. The molecule has 32 heavy (non-hydrogen) atoms. The van der Waals surface area contributed by atoms with Gasteiger partial charge in [0.05, 0.1) is 23.3 Å². The molecule has 2 aromatic rings. The van der Waals surface area contributed by atoms with E-state index in [1.54, 1.807) is 6.07 Å². The molecule has 5 rings (SSSR count). The van der Waals surface area contributed by atoms with Crippen molar-refractivity contribution in [3.8, 4) is 6.07 Å². The summed E-state index contributed by atoms with van der Waals surface area (Å²) in [5.41, 5.74) is 5.59. The fourth-order valence-electron chi connectivity index (χ4n) is 5.62. The van der Waals surface area contributed by atoms with Crippen LogP contribution in [0.15, 0.2) is 36.4 Å². The molecule has 0 radical (unpaired) electrons. The highest BCUT2D eigenvalue weighted by Gasteiger charge is 2.41. The first kappa shape index (κ1) is 21.0. The van der Waals surface area contributed by atoms with E-state index in [-0.39, 0.29) is 5.97 Å². The van der Waals surface area contributed by atoms with Crippen LogP contribution < -0.4 is 4.90 Å². The zero-order chi connectivity index (χ0) is 22.3. The van der Waals surface area contributed by atoms with E-state index in [4.69, 9.17) is 4.74 Å². The Labute approximate surface area is 189 Å². The Morgan fingerprint density at radius 1 is 1.19 bits per heavy atom. The van der Waals surface area contributed by atoms with Gasteiger partial charge in [0.25, 0.3) is 0 Å². The van der Waals surface area contributed by atoms with Gasteiger partial charge in [0.1, 0.15) is 6.61 Å². The summed E-state index contributed by atoms with van der Waals surface area (Å²) in [6.45, 7) is 6.92. The van der Waals surface area contributed by atoms with Crippen LogP contribution in [0, 0.1) is 23.7 Å². The first-order chi connectivity index (χ1) is 15.5. The van der Waals surface area contributed by atoms with Crippen molar-refractivity contribution in [1.29, 1.82) is 5.26 Å². The minimum atomic E-state index is -0.571. The summed E-state index contributed by atoms with van der Waals surface area (Å²) in [6.07, 6.45) is 2.86. The second kappa shape index (κ2) is 8.23. The Bertz CT molecular complexity index is 1080. The Kier molecular flexibility index (Phi) is 5.40. The van der Waals surface area contributed by atoms with Gasteiger partial charge in [-0.1, -0.05) is 12.1 Å². The number of nitriles is 1. The summed E-state index contributed by atoms with van der Waals surface area (Å²) >= 11 is 0. The maximum atomic E-state index is 11.8. The van der Waals surface area contributed by atoms with E-state index in [9.17, 15) is 15.2 Å². The van der Waals surface area contributed by atoms with Crippen LogP contribution in [0.4, 0.5) is 5.69 Å². The number of nitrogens with zero attached hydrogens (tertiary/aromatic N) is 3. The molecule has 3 aliphatic rings. The Morgan fingerprint density at radius 2 is 1.97 bits per heavy atom. The van der Waals surface area contributed by atoms with E-state index < -0.39 is 6.10 Å². The van der Waals surface area contributed by atoms with E-state index in [1.807, 2.05) is 31.2 Å². The van der Waals surface area contributed by atoms with Gasteiger partial charge >= 0.3 is 5.97 Å². The van der Waals surface area contributed by atoms with E-state index in [0.29, 0.717) is 29.7 Å². The Balaban J connectivity index is 1.20. The molecule has 0 aliphatic carbocycles. The number of cyclic esters (lactones) is 1. The molecule has 2 saturated heterocycles. The van der Waals surface area contributed by atoms with Crippen molar-refractivity contribution in [3.63, 3.8) is 0 Å². The van der Waals surface area contributed by atoms with Crippen LogP contribution in [0.1, 0.15) is 58.0 Å². The van der Waals surface area contributed by atoms with E-state index in [1.165, 1.54) is 6.42 Å². The minimum absolute atomic E-state index is 0.268.